The van der Waals surface area contributed by atoms with E-state index in [0.29, 0.717) is 5.92 Å². The highest BCUT2D eigenvalue weighted by Gasteiger charge is 2.24. The summed E-state index contributed by atoms with van der Waals surface area (Å²) < 4.78 is 0. The molecule has 2 nitrogen and oxygen atoms in total. The molecule has 1 atom stereocenters. The van der Waals surface area contributed by atoms with Crippen LogP contribution in [0.3, 0.4) is 0 Å². The van der Waals surface area contributed by atoms with E-state index in [1.165, 1.54) is 30.0 Å². The molecule has 15 heavy (non-hydrogen) atoms. The van der Waals surface area contributed by atoms with Crippen LogP contribution in [0.4, 0.5) is 0 Å². The molecule has 1 aliphatic heterocycles. The van der Waals surface area contributed by atoms with Crippen molar-refractivity contribution in [1.29, 1.82) is 0 Å². The number of pyridine rings is 1. The molecule has 0 spiro atoms. The van der Waals surface area contributed by atoms with Gasteiger partial charge < -0.3 is 5.73 Å². The molecule has 0 aromatic carbocycles. The van der Waals surface area contributed by atoms with Crippen molar-refractivity contribution in [3.63, 3.8) is 0 Å². The van der Waals surface area contributed by atoms with Crippen LogP contribution in [0.1, 0.15) is 24.5 Å². The highest BCUT2D eigenvalue weighted by molar-refractivity contribution is 7.99. The van der Waals surface area contributed by atoms with Crippen molar-refractivity contribution in [3.8, 4) is 0 Å². The molecule has 0 amide bonds. The third kappa shape index (κ3) is 2.73. The van der Waals surface area contributed by atoms with E-state index >= 15 is 0 Å². The molecule has 1 fully saturated rings. The van der Waals surface area contributed by atoms with Gasteiger partial charge in [0.2, 0.25) is 0 Å². The van der Waals surface area contributed by atoms with Crippen LogP contribution in [0.2, 0.25) is 0 Å². The predicted molar refractivity (Wildman–Crippen MR) is 66.1 cm³/mol. The Balaban J connectivity index is 2.09. The van der Waals surface area contributed by atoms with Crippen molar-refractivity contribution >= 4 is 11.8 Å². The van der Waals surface area contributed by atoms with E-state index in [9.17, 15) is 0 Å². The van der Waals surface area contributed by atoms with Gasteiger partial charge in [-0.1, -0.05) is 6.07 Å². The Bertz CT molecular complexity index is 283. The van der Waals surface area contributed by atoms with Crippen LogP contribution in [0, 0.1) is 5.92 Å². The number of thioether (sulfide) groups is 1. The summed E-state index contributed by atoms with van der Waals surface area (Å²) in [4.78, 5) is 4.44. The average Bonchev–Trinajstić information content (AvgIpc) is 2.33. The van der Waals surface area contributed by atoms with Crippen molar-refractivity contribution in [1.82, 2.24) is 4.98 Å². The second kappa shape index (κ2) is 5.52. The van der Waals surface area contributed by atoms with Gasteiger partial charge in [0, 0.05) is 24.4 Å². The first-order chi connectivity index (χ1) is 7.42. The lowest BCUT2D eigenvalue weighted by Gasteiger charge is -2.28. The van der Waals surface area contributed by atoms with Gasteiger partial charge in [0.1, 0.15) is 0 Å². The lowest BCUT2D eigenvalue weighted by molar-refractivity contribution is 0.394. The van der Waals surface area contributed by atoms with E-state index < -0.39 is 0 Å². The Hall–Kier alpha value is -0.540. The second-order valence-electron chi connectivity index (χ2n) is 4.05. The Morgan fingerprint density at radius 2 is 2.20 bits per heavy atom. The molecule has 1 saturated heterocycles. The van der Waals surface area contributed by atoms with Gasteiger partial charge in [-0.2, -0.15) is 11.8 Å². The molecule has 0 radical (unpaired) electrons. The van der Waals surface area contributed by atoms with Gasteiger partial charge >= 0.3 is 0 Å². The van der Waals surface area contributed by atoms with E-state index in [2.05, 4.69) is 28.9 Å². The lowest BCUT2D eigenvalue weighted by atomic mass is 9.85. The number of nitrogens with two attached hydrogens (primary N) is 1. The Labute approximate surface area is 95.7 Å². The quantitative estimate of drug-likeness (QED) is 0.852. The first kappa shape index (κ1) is 11.0. The van der Waals surface area contributed by atoms with Crippen LogP contribution < -0.4 is 5.73 Å². The fraction of sp³-hybridized carbons (Fsp3) is 0.583. The maximum absolute atomic E-state index is 5.89. The monoisotopic (exact) mass is 222 g/mol. The molecule has 0 saturated carbocycles. The molecule has 2 heterocycles. The van der Waals surface area contributed by atoms with Crippen molar-refractivity contribution in [2.24, 2.45) is 11.7 Å². The van der Waals surface area contributed by atoms with Crippen LogP contribution in [-0.4, -0.2) is 23.0 Å². The van der Waals surface area contributed by atoms with Crippen molar-refractivity contribution < 1.29 is 0 Å². The molecule has 82 valence electrons. The largest absolute Gasteiger partial charge is 0.330 e. The maximum atomic E-state index is 5.89. The van der Waals surface area contributed by atoms with Gasteiger partial charge in [0.15, 0.2) is 0 Å². The molecule has 1 aromatic heterocycles. The molecule has 1 aliphatic rings. The molecule has 1 aromatic rings. The van der Waals surface area contributed by atoms with Crippen molar-refractivity contribution in [3.05, 3.63) is 30.1 Å². The van der Waals surface area contributed by atoms with Crippen molar-refractivity contribution in [2.45, 2.75) is 18.8 Å². The Morgan fingerprint density at radius 1 is 1.40 bits per heavy atom. The highest BCUT2D eigenvalue weighted by Crippen LogP contribution is 2.33. The second-order valence-corrected chi connectivity index (χ2v) is 5.27. The van der Waals surface area contributed by atoms with E-state index in [-0.39, 0.29) is 0 Å². The van der Waals surface area contributed by atoms with Gasteiger partial charge in [-0.05, 0) is 42.4 Å². The predicted octanol–water partition coefficient (Wildman–Crippen LogP) is 2.27. The molecular weight excluding hydrogens is 204 g/mol. The number of hydrogen-bond acceptors (Lipinski definition) is 3. The van der Waals surface area contributed by atoms with Crippen LogP contribution >= 0.6 is 11.8 Å². The summed E-state index contributed by atoms with van der Waals surface area (Å²) in [6.45, 7) is 0.729. The van der Waals surface area contributed by atoms with E-state index in [1.54, 1.807) is 0 Å². The van der Waals surface area contributed by atoms with Crippen LogP contribution in [0.5, 0.6) is 0 Å². The SMILES string of the molecule is NCC(c1ccccn1)C1CCSCC1. The fourth-order valence-corrected chi connectivity index (χ4v) is 3.41. The zero-order valence-corrected chi connectivity index (χ0v) is 9.75. The lowest BCUT2D eigenvalue weighted by Crippen LogP contribution is -2.25. The van der Waals surface area contributed by atoms with E-state index in [1.807, 2.05) is 12.3 Å². The van der Waals surface area contributed by atoms with Gasteiger partial charge in [0.25, 0.3) is 0 Å². The average molecular weight is 222 g/mol. The summed E-state index contributed by atoms with van der Waals surface area (Å²) in [5, 5.41) is 0. The summed E-state index contributed by atoms with van der Waals surface area (Å²) in [5.41, 5.74) is 7.07. The van der Waals surface area contributed by atoms with E-state index in [4.69, 9.17) is 5.73 Å². The summed E-state index contributed by atoms with van der Waals surface area (Å²) in [6.07, 6.45) is 4.46. The molecule has 3 heteroatoms. The third-order valence-corrected chi connectivity index (χ3v) is 4.21. The van der Waals surface area contributed by atoms with Crippen LogP contribution in [0.25, 0.3) is 0 Å². The van der Waals surface area contributed by atoms with Gasteiger partial charge in [-0.25, -0.2) is 0 Å². The Kier molecular flexibility index (Phi) is 4.03. The topological polar surface area (TPSA) is 38.9 Å². The van der Waals surface area contributed by atoms with E-state index in [0.717, 1.165) is 12.5 Å². The van der Waals surface area contributed by atoms with Crippen LogP contribution in [-0.2, 0) is 0 Å². The number of aromatic nitrogens is 1. The maximum Gasteiger partial charge on any atom is 0.0449 e. The zero-order chi connectivity index (χ0) is 10.5. The summed E-state index contributed by atoms with van der Waals surface area (Å²) in [5.74, 6) is 3.78. The molecule has 0 bridgehead atoms. The number of nitrogens with zero attached hydrogens (tertiary/aromatic N) is 1. The van der Waals surface area contributed by atoms with Gasteiger partial charge in [-0.15, -0.1) is 0 Å². The molecular formula is C12H18N2S. The smallest absolute Gasteiger partial charge is 0.0449 e. The van der Waals surface area contributed by atoms with Crippen molar-refractivity contribution in [2.75, 3.05) is 18.1 Å². The first-order valence-electron chi connectivity index (χ1n) is 5.60. The van der Waals surface area contributed by atoms with Gasteiger partial charge in [-0.3, -0.25) is 4.98 Å². The molecule has 2 rings (SSSR count). The molecule has 0 aliphatic carbocycles. The molecule has 2 N–H and O–H groups in total. The summed E-state index contributed by atoms with van der Waals surface area (Å²) in [7, 11) is 0. The minimum absolute atomic E-state index is 0.465. The van der Waals surface area contributed by atoms with Gasteiger partial charge in [0.05, 0.1) is 0 Å². The number of rotatable bonds is 3. The molecule has 1 unspecified atom stereocenters. The third-order valence-electron chi connectivity index (χ3n) is 3.16. The standard InChI is InChI=1S/C12H18N2S/c13-9-11(10-4-7-15-8-5-10)12-3-1-2-6-14-12/h1-3,6,10-11H,4-5,7-9,13H2. The normalized spacial score (nSPS) is 20.1. The highest BCUT2D eigenvalue weighted by atomic mass is 32.2. The first-order valence-corrected chi connectivity index (χ1v) is 6.76. The minimum Gasteiger partial charge on any atom is -0.330 e. The summed E-state index contributed by atoms with van der Waals surface area (Å²) in [6, 6.07) is 6.13. The number of hydrogen-bond donors (Lipinski definition) is 1. The minimum atomic E-state index is 0.465. The zero-order valence-electron chi connectivity index (χ0n) is 8.93. The summed E-state index contributed by atoms with van der Waals surface area (Å²) >= 11 is 2.06. The fourth-order valence-electron chi connectivity index (χ4n) is 2.27. The van der Waals surface area contributed by atoms with Crippen LogP contribution in [0.15, 0.2) is 24.4 Å². The Morgan fingerprint density at radius 3 is 2.80 bits per heavy atom.